The largest absolute Gasteiger partial charge is 0.389 e. The zero-order valence-corrected chi connectivity index (χ0v) is 12.8. The standard InChI is InChI=1S/C17H20ClNO2/c1-13-7-8-15(18)9-17(13)19-10-16(20)12-21-11-14-5-3-2-4-6-14/h2-9,16,19-20H,10-12H2,1H3. The molecule has 2 N–H and O–H groups in total. The molecule has 0 saturated carbocycles. The maximum Gasteiger partial charge on any atom is 0.0945 e. The molecule has 0 aliphatic rings. The first kappa shape index (κ1) is 15.8. The average molecular weight is 306 g/mol. The molecule has 112 valence electrons. The van der Waals surface area contributed by atoms with Crippen molar-refractivity contribution in [2.75, 3.05) is 18.5 Å². The molecule has 0 fully saturated rings. The minimum atomic E-state index is -0.563. The van der Waals surface area contributed by atoms with Gasteiger partial charge in [0, 0.05) is 17.3 Å². The van der Waals surface area contributed by atoms with Crippen LogP contribution in [0.15, 0.2) is 48.5 Å². The summed E-state index contributed by atoms with van der Waals surface area (Å²) in [6.07, 6.45) is -0.563. The summed E-state index contributed by atoms with van der Waals surface area (Å²) < 4.78 is 5.51. The molecule has 0 amide bonds. The van der Waals surface area contributed by atoms with Crippen LogP contribution >= 0.6 is 11.6 Å². The molecule has 0 radical (unpaired) electrons. The second-order valence-corrected chi connectivity index (χ2v) is 5.43. The van der Waals surface area contributed by atoms with Crippen LogP contribution < -0.4 is 5.32 Å². The lowest BCUT2D eigenvalue weighted by Gasteiger charge is -2.15. The van der Waals surface area contributed by atoms with Gasteiger partial charge >= 0.3 is 0 Å². The Labute approximate surface area is 130 Å². The van der Waals surface area contributed by atoms with Crippen molar-refractivity contribution in [1.82, 2.24) is 0 Å². The number of aliphatic hydroxyl groups excluding tert-OH is 1. The molecule has 1 unspecified atom stereocenters. The van der Waals surface area contributed by atoms with E-state index in [9.17, 15) is 5.11 Å². The molecule has 1 atom stereocenters. The van der Waals surface area contributed by atoms with Crippen LogP contribution in [0.5, 0.6) is 0 Å². The smallest absolute Gasteiger partial charge is 0.0945 e. The lowest BCUT2D eigenvalue weighted by molar-refractivity contribution is 0.0348. The summed E-state index contributed by atoms with van der Waals surface area (Å²) in [5.41, 5.74) is 3.13. The Kier molecular flexibility index (Phi) is 6.05. The van der Waals surface area contributed by atoms with Gasteiger partial charge in [0.2, 0.25) is 0 Å². The maximum absolute atomic E-state index is 9.93. The van der Waals surface area contributed by atoms with E-state index in [0.717, 1.165) is 16.8 Å². The molecule has 2 aromatic carbocycles. The highest BCUT2D eigenvalue weighted by Gasteiger charge is 2.06. The van der Waals surface area contributed by atoms with E-state index in [1.54, 1.807) is 0 Å². The second kappa shape index (κ2) is 8.03. The molecule has 2 rings (SSSR count). The Balaban J connectivity index is 1.72. The third kappa shape index (κ3) is 5.38. The van der Waals surface area contributed by atoms with Gasteiger partial charge in [0.15, 0.2) is 0 Å². The van der Waals surface area contributed by atoms with E-state index < -0.39 is 6.10 Å². The van der Waals surface area contributed by atoms with E-state index in [0.29, 0.717) is 24.8 Å². The molecule has 4 heteroatoms. The van der Waals surface area contributed by atoms with Crippen LogP contribution in [0.4, 0.5) is 5.69 Å². The number of anilines is 1. The number of ether oxygens (including phenoxy) is 1. The maximum atomic E-state index is 9.93. The van der Waals surface area contributed by atoms with Crippen LogP contribution in [0.1, 0.15) is 11.1 Å². The quantitative estimate of drug-likeness (QED) is 0.820. The molecule has 21 heavy (non-hydrogen) atoms. The molecule has 2 aromatic rings. The molecule has 3 nitrogen and oxygen atoms in total. The lowest BCUT2D eigenvalue weighted by atomic mass is 10.2. The molecular formula is C17H20ClNO2. The number of hydrogen-bond acceptors (Lipinski definition) is 3. The van der Waals surface area contributed by atoms with Crippen molar-refractivity contribution in [2.24, 2.45) is 0 Å². The van der Waals surface area contributed by atoms with Gasteiger partial charge in [-0.1, -0.05) is 48.0 Å². The summed E-state index contributed by atoms with van der Waals surface area (Å²) in [6.45, 7) is 3.22. The number of aryl methyl sites for hydroxylation is 1. The second-order valence-electron chi connectivity index (χ2n) is 4.99. The Morgan fingerprint density at radius 1 is 1.19 bits per heavy atom. The fourth-order valence-corrected chi connectivity index (χ4v) is 2.13. The number of benzene rings is 2. The van der Waals surface area contributed by atoms with Crippen LogP contribution in [-0.2, 0) is 11.3 Å². The highest BCUT2D eigenvalue weighted by atomic mass is 35.5. The molecular weight excluding hydrogens is 286 g/mol. The van der Waals surface area contributed by atoms with Crippen molar-refractivity contribution in [3.8, 4) is 0 Å². The SMILES string of the molecule is Cc1ccc(Cl)cc1NCC(O)COCc1ccccc1. The van der Waals surface area contributed by atoms with Crippen molar-refractivity contribution in [1.29, 1.82) is 0 Å². The fourth-order valence-electron chi connectivity index (χ4n) is 1.96. The first-order valence-corrected chi connectivity index (χ1v) is 7.32. The first-order valence-electron chi connectivity index (χ1n) is 6.95. The van der Waals surface area contributed by atoms with Crippen molar-refractivity contribution in [2.45, 2.75) is 19.6 Å². The lowest BCUT2D eigenvalue weighted by Crippen LogP contribution is -2.25. The van der Waals surface area contributed by atoms with Gasteiger partial charge in [-0.25, -0.2) is 0 Å². The number of nitrogens with one attached hydrogen (secondary N) is 1. The van der Waals surface area contributed by atoms with Crippen molar-refractivity contribution < 1.29 is 9.84 Å². The summed E-state index contributed by atoms with van der Waals surface area (Å²) in [5, 5.41) is 13.8. The van der Waals surface area contributed by atoms with E-state index in [4.69, 9.17) is 16.3 Å². The Morgan fingerprint density at radius 2 is 1.95 bits per heavy atom. The summed E-state index contributed by atoms with van der Waals surface area (Å²) in [6, 6.07) is 15.6. The summed E-state index contributed by atoms with van der Waals surface area (Å²) in [5.74, 6) is 0. The Bertz CT molecular complexity index is 560. The normalized spacial score (nSPS) is 12.1. The first-order chi connectivity index (χ1) is 10.1. The minimum absolute atomic E-state index is 0.293. The van der Waals surface area contributed by atoms with Crippen LogP contribution in [0.3, 0.4) is 0 Å². The monoisotopic (exact) mass is 305 g/mol. The van der Waals surface area contributed by atoms with Gasteiger partial charge in [-0.15, -0.1) is 0 Å². The van der Waals surface area contributed by atoms with Crippen LogP contribution in [0.2, 0.25) is 5.02 Å². The van der Waals surface area contributed by atoms with Gasteiger partial charge in [-0.05, 0) is 30.2 Å². The number of rotatable bonds is 7. The fraction of sp³-hybridized carbons (Fsp3) is 0.294. The number of aliphatic hydroxyl groups is 1. The van der Waals surface area contributed by atoms with E-state index in [-0.39, 0.29) is 0 Å². The van der Waals surface area contributed by atoms with Gasteiger partial charge in [0.25, 0.3) is 0 Å². The van der Waals surface area contributed by atoms with Crippen molar-refractivity contribution in [3.05, 3.63) is 64.7 Å². The molecule has 0 heterocycles. The third-order valence-corrected chi connectivity index (χ3v) is 3.38. The van der Waals surface area contributed by atoms with Gasteiger partial charge in [-0.3, -0.25) is 0 Å². The summed E-state index contributed by atoms with van der Waals surface area (Å²) in [7, 11) is 0. The van der Waals surface area contributed by atoms with E-state index in [1.165, 1.54) is 0 Å². The zero-order valence-electron chi connectivity index (χ0n) is 12.1. The Morgan fingerprint density at radius 3 is 2.71 bits per heavy atom. The third-order valence-electron chi connectivity index (χ3n) is 3.15. The highest BCUT2D eigenvalue weighted by molar-refractivity contribution is 6.30. The topological polar surface area (TPSA) is 41.5 Å². The summed E-state index contributed by atoms with van der Waals surface area (Å²) >= 11 is 5.96. The van der Waals surface area contributed by atoms with Crippen LogP contribution in [0.25, 0.3) is 0 Å². The van der Waals surface area contributed by atoms with Gasteiger partial charge in [0.05, 0.1) is 19.3 Å². The van der Waals surface area contributed by atoms with Crippen molar-refractivity contribution in [3.63, 3.8) is 0 Å². The highest BCUT2D eigenvalue weighted by Crippen LogP contribution is 2.19. The number of halogens is 1. The zero-order chi connectivity index (χ0) is 15.1. The molecule has 0 aliphatic heterocycles. The van der Waals surface area contributed by atoms with E-state index in [1.807, 2.05) is 55.5 Å². The average Bonchev–Trinajstić information content (AvgIpc) is 2.49. The van der Waals surface area contributed by atoms with Gasteiger partial charge in [0.1, 0.15) is 0 Å². The van der Waals surface area contributed by atoms with Crippen LogP contribution in [0, 0.1) is 6.92 Å². The predicted octanol–water partition coefficient (Wildman–Crippen LogP) is 3.64. The van der Waals surface area contributed by atoms with Gasteiger partial charge < -0.3 is 15.2 Å². The van der Waals surface area contributed by atoms with E-state index >= 15 is 0 Å². The minimum Gasteiger partial charge on any atom is -0.389 e. The molecule has 0 aliphatic carbocycles. The van der Waals surface area contributed by atoms with E-state index in [2.05, 4.69) is 5.32 Å². The van der Waals surface area contributed by atoms with Crippen LogP contribution in [-0.4, -0.2) is 24.4 Å². The van der Waals surface area contributed by atoms with Gasteiger partial charge in [-0.2, -0.15) is 0 Å². The molecule has 0 aromatic heterocycles. The molecule has 0 saturated heterocycles. The predicted molar refractivity (Wildman–Crippen MR) is 86.8 cm³/mol. The van der Waals surface area contributed by atoms with Crippen molar-refractivity contribution >= 4 is 17.3 Å². The summed E-state index contributed by atoms with van der Waals surface area (Å²) in [4.78, 5) is 0. The Hall–Kier alpha value is -1.55. The molecule has 0 spiro atoms. The number of hydrogen-bond donors (Lipinski definition) is 2. The molecule has 0 bridgehead atoms.